The molecule has 2 rings (SSSR count). The first-order valence-corrected chi connectivity index (χ1v) is 6.67. The van der Waals surface area contributed by atoms with Gasteiger partial charge in [0.2, 0.25) is 0 Å². The number of hydrogen-bond donors (Lipinski definition) is 1. The summed E-state index contributed by atoms with van der Waals surface area (Å²) in [6, 6.07) is 11.4. The van der Waals surface area contributed by atoms with E-state index in [-0.39, 0.29) is 17.9 Å². The molecule has 0 atom stereocenters. The van der Waals surface area contributed by atoms with Gasteiger partial charge in [-0.2, -0.15) is 0 Å². The molecule has 0 aliphatic rings. The first-order valence-electron chi connectivity index (χ1n) is 6.67. The summed E-state index contributed by atoms with van der Waals surface area (Å²) in [7, 11) is 0. The topological polar surface area (TPSA) is 64.1 Å². The van der Waals surface area contributed by atoms with Crippen LogP contribution in [0, 0.1) is 0 Å². The van der Waals surface area contributed by atoms with E-state index in [4.69, 9.17) is 4.74 Å². The quantitative estimate of drug-likeness (QED) is 0.816. The molecule has 0 fully saturated rings. The number of esters is 1. The summed E-state index contributed by atoms with van der Waals surface area (Å²) in [5.74, 6) is -0.243. The molecule has 0 saturated heterocycles. The third kappa shape index (κ3) is 3.85. The molecule has 0 saturated carbocycles. The van der Waals surface area contributed by atoms with E-state index >= 15 is 0 Å². The van der Waals surface area contributed by atoms with Gasteiger partial charge >= 0.3 is 5.97 Å². The Morgan fingerprint density at radius 2 is 2.05 bits per heavy atom. The lowest BCUT2D eigenvalue weighted by atomic mass is 10.2. The van der Waals surface area contributed by atoms with Crippen molar-refractivity contribution in [2.75, 3.05) is 6.61 Å². The van der Waals surface area contributed by atoms with Gasteiger partial charge in [-0.05, 0) is 18.9 Å². The summed E-state index contributed by atoms with van der Waals surface area (Å²) in [5, 5.41) is 2.76. The molecule has 0 radical (unpaired) electrons. The highest BCUT2D eigenvalue weighted by Gasteiger charge is 2.08. The van der Waals surface area contributed by atoms with Crippen LogP contribution in [0.5, 0.6) is 0 Å². The number of carbonyl (C=O) groups excluding carboxylic acids is 1. The van der Waals surface area contributed by atoms with Crippen molar-refractivity contribution in [1.82, 2.24) is 9.78 Å². The first-order chi connectivity index (χ1) is 9.69. The number of aryl methyl sites for hydroxylation is 1. The van der Waals surface area contributed by atoms with Gasteiger partial charge in [-0.1, -0.05) is 30.3 Å². The summed E-state index contributed by atoms with van der Waals surface area (Å²) in [6.45, 7) is 2.74. The van der Waals surface area contributed by atoms with E-state index in [0.29, 0.717) is 19.6 Å². The van der Waals surface area contributed by atoms with Crippen molar-refractivity contribution in [1.29, 1.82) is 0 Å². The Labute approximate surface area is 117 Å². The van der Waals surface area contributed by atoms with Gasteiger partial charge in [0, 0.05) is 11.8 Å². The smallest absolute Gasteiger partial charge is 0.306 e. The van der Waals surface area contributed by atoms with Gasteiger partial charge in [0.15, 0.2) is 0 Å². The molecule has 5 heteroatoms. The minimum Gasteiger partial charge on any atom is -0.466 e. The molecule has 1 heterocycles. The molecule has 5 nitrogen and oxygen atoms in total. The zero-order valence-electron chi connectivity index (χ0n) is 11.5. The van der Waals surface area contributed by atoms with E-state index < -0.39 is 0 Å². The molecule has 0 amide bonds. The maximum atomic E-state index is 11.5. The maximum Gasteiger partial charge on any atom is 0.306 e. The number of ether oxygens (including phenoxy) is 1. The number of nitrogens with one attached hydrogen (secondary N) is 1. The predicted octanol–water partition coefficient (Wildman–Crippen LogP) is 1.72. The summed E-state index contributed by atoms with van der Waals surface area (Å²) in [6.07, 6.45) is 0.768. The van der Waals surface area contributed by atoms with Crippen molar-refractivity contribution in [3.8, 4) is 0 Å². The van der Waals surface area contributed by atoms with E-state index in [9.17, 15) is 9.59 Å². The molecule has 106 valence electrons. The molecule has 1 aromatic heterocycles. The number of aromatic amines is 1. The number of rotatable bonds is 6. The summed E-state index contributed by atoms with van der Waals surface area (Å²) >= 11 is 0. The Kier molecular flexibility index (Phi) is 4.76. The number of nitrogens with zero attached hydrogens (tertiary/aromatic N) is 1. The van der Waals surface area contributed by atoms with Crippen LogP contribution in [0.15, 0.2) is 41.2 Å². The minimum absolute atomic E-state index is 0.153. The second-order valence-corrected chi connectivity index (χ2v) is 4.49. The fraction of sp³-hybridized carbons (Fsp3) is 0.333. The summed E-state index contributed by atoms with van der Waals surface area (Å²) in [5.41, 5.74) is 1.75. The largest absolute Gasteiger partial charge is 0.466 e. The molecule has 0 aliphatic carbocycles. The number of carbonyl (C=O) groups is 1. The number of aromatic nitrogens is 2. The second kappa shape index (κ2) is 6.75. The lowest BCUT2D eigenvalue weighted by molar-refractivity contribution is -0.143. The second-order valence-electron chi connectivity index (χ2n) is 4.49. The highest BCUT2D eigenvalue weighted by Crippen LogP contribution is 2.06. The Balaban J connectivity index is 2.06. The molecule has 20 heavy (non-hydrogen) atoms. The predicted molar refractivity (Wildman–Crippen MR) is 75.6 cm³/mol. The summed E-state index contributed by atoms with van der Waals surface area (Å²) in [4.78, 5) is 22.9. The molecule has 1 aromatic carbocycles. The Morgan fingerprint density at radius 1 is 1.30 bits per heavy atom. The van der Waals surface area contributed by atoms with Gasteiger partial charge in [-0.15, -0.1) is 0 Å². The fourth-order valence-electron chi connectivity index (χ4n) is 2.04. The van der Waals surface area contributed by atoms with Crippen LogP contribution in [0.25, 0.3) is 0 Å². The van der Waals surface area contributed by atoms with E-state index in [0.717, 1.165) is 11.3 Å². The number of H-pyrrole nitrogens is 1. The minimum atomic E-state index is -0.243. The van der Waals surface area contributed by atoms with Crippen molar-refractivity contribution in [2.45, 2.75) is 26.3 Å². The van der Waals surface area contributed by atoms with Gasteiger partial charge in [-0.3, -0.25) is 19.4 Å². The van der Waals surface area contributed by atoms with Crippen LogP contribution in [0.1, 0.15) is 24.6 Å². The molecule has 0 bridgehead atoms. The molecule has 2 aromatic rings. The van der Waals surface area contributed by atoms with E-state index in [2.05, 4.69) is 5.10 Å². The number of benzene rings is 1. The zero-order chi connectivity index (χ0) is 14.4. The Bertz CT molecular complexity index is 614. The van der Waals surface area contributed by atoms with Gasteiger partial charge in [-0.25, -0.2) is 0 Å². The standard InChI is InChI=1S/C15H18N2O3/c1-2-20-15(19)9-8-13-10-14(18)16-17(13)11-12-6-4-3-5-7-12/h3-7,10H,2,8-9,11H2,1H3,(H,16,18). The average Bonchev–Trinajstić information content (AvgIpc) is 2.78. The molecule has 0 aliphatic heterocycles. The molecule has 1 N–H and O–H groups in total. The number of hydrogen-bond acceptors (Lipinski definition) is 3. The molecular weight excluding hydrogens is 256 g/mol. The van der Waals surface area contributed by atoms with Crippen molar-refractivity contribution < 1.29 is 9.53 Å². The monoisotopic (exact) mass is 274 g/mol. The molecule has 0 spiro atoms. The van der Waals surface area contributed by atoms with Crippen molar-refractivity contribution >= 4 is 5.97 Å². The lowest BCUT2D eigenvalue weighted by Gasteiger charge is -2.08. The van der Waals surface area contributed by atoms with Crippen LogP contribution in [0.3, 0.4) is 0 Å². The molecular formula is C15H18N2O3. The van der Waals surface area contributed by atoms with Crippen LogP contribution in [-0.4, -0.2) is 22.4 Å². The van der Waals surface area contributed by atoms with E-state index in [1.54, 1.807) is 11.6 Å². The van der Waals surface area contributed by atoms with E-state index in [1.807, 2.05) is 30.3 Å². The van der Waals surface area contributed by atoms with Crippen molar-refractivity contribution in [2.24, 2.45) is 0 Å². The Hall–Kier alpha value is -2.30. The average molecular weight is 274 g/mol. The first kappa shape index (κ1) is 14.1. The fourth-order valence-corrected chi connectivity index (χ4v) is 2.04. The van der Waals surface area contributed by atoms with Crippen LogP contribution < -0.4 is 5.56 Å². The third-order valence-electron chi connectivity index (χ3n) is 2.96. The van der Waals surface area contributed by atoms with Gasteiger partial charge in [0.05, 0.1) is 19.6 Å². The van der Waals surface area contributed by atoms with Gasteiger partial charge in [0.25, 0.3) is 5.56 Å². The maximum absolute atomic E-state index is 11.5. The van der Waals surface area contributed by atoms with Crippen LogP contribution in [-0.2, 0) is 22.5 Å². The SMILES string of the molecule is CCOC(=O)CCc1cc(=O)[nH]n1Cc1ccccc1. The van der Waals surface area contributed by atoms with Crippen molar-refractivity contribution in [3.05, 3.63) is 58.0 Å². The molecule has 0 unspecified atom stereocenters. The third-order valence-corrected chi connectivity index (χ3v) is 2.96. The van der Waals surface area contributed by atoms with E-state index in [1.165, 1.54) is 6.07 Å². The highest BCUT2D eigenvalue weighted by atomic mass is 16.5. The van der Waals surface area contributed by atoms with Crippen LogP contribution in [0.2, 0.25) is 0 Å². The van der Waals surface area contributed by atoms with Crippen LogP contribution >= 0.6 is 0 Å². The highest BCUT2D eigenvalue weighted by molar-refractivity contribution is 5.69. The van der Waals surface area contributed by atoms with Gasteiger partial charge < -0.3 is 4.74 Å². The zero-order valence-corrected chi connectivity index (χ0v) is 11.5. The van der Waals surface area contributed by atoms with Crippen molar-refractivity contribution in [3.63, 3.8) is 0 Å². The van der Waals surface area contributed by atoms with Gasteiger partial charge in [0.1, 0.15) is 0 Å². The van der Waals surface area contributed by atoms with Crippen LogP contribution in [0.4, 0.5) is 0 Å². The normalized spacial score (nSPS) is 10.4. The lowest BCUT2D eigenvalue weighted by Crippen LogP contribution is -2.11. The summed E-state index contributed by atoms with van der Waals surface area (Å²) < 4.78 is 6.67. The Morgan fingerprint density at radius 3 is 2.75 bits per heavy atom.